The van der Waals surface area contributed by atoms with Crippen molar-refractivity contribution in [1.82, 2.24) is 15.0 Å². The Morgan fingerprint density at radius 2 is 1.76 bits per heavy atom. The highest BCUT2D eigenvalue weighted by atomic mass is 35.5. The fourth-order valence-corrected chi connectivity index (χ4v) is 6.12. The van der Waals surface area contributed by atoms with Gasteiger partial charge in [0.1, 0.15) is 11.6 Å². The van der Waals surface area contributed by atoms with Gasteiger partial charge in [-0.2, -0.15) is 0 Å². The van der Waals surface area contributed by atoms with Crippen molar-refractivity contribution in [3.05, 3.63) is 65.6 Å². The van der Waals surface area contributed by atoms with Gasteiger partial charge in [-0.25, -0.2) is 14.4 Å². The second-order valence-corrected chi connectivity index (χ2v) is 9.98. The highest BCUT2D eigenvalue weighted by Crippen LogP contribution is 2.46. The van der Waals surface area contributed by atoms with E-state index >= 15 is 0 Å². The van der Waals surface area contributed by atoms with Gasteiger partial charge in [0, 0.05) is 39.8 Å². The van der Waals surface area contributed by atoms with Crippen molar-refractivity contribution in [2.24, 2.45) is 17.8 Å². The fourth-order valence-electron chi connectivity index (χ4n) is 5.91. The highest BCUT2D eigenvalue weighted by molar-refractivity contribution is 6.31. The normalized spacial score (nSPS) is 24.3. The van der Waals surface area contributed by atoms with E-state index in [2.05, 4.69) is 17.2 Å². The number of aromatic nitrogens is 3. The molecule has 2 aromatic carbocycles. The van der Waals surface area contributed by atoms with E-state index in [9.17, 15) is 4.39 Å². The summed E-state index contributed by atoms with van der Waals surface area (Å²) in [6.07, 6.45) is 7.03. The number of fused-ring (bicyclic) bond motifs is 4. The molecule has 0 amide bonds. The lowest BCUT2D eigenvalue weighted by atomic mass is 9.62. The molecule has 2 N–H and O–H groups in total. The largest absolute Gasteiger partial charge is 0.367 e. The van der Waals surface area contributed by atoms with Crippen molar-refractivity contribution >= 4 is 28.3 Å². The van der Waals surface area contributed by atoms with Gasteiger partial charge in [-0.05, 0) is 55.6 Å². The third-order valence-electron chi connectivity index (χ3n) is 7.69. The third-order valence-corrected chi connectivity index (χ3v) is 7.91. The zero-order valence-corrected chi connectivity index (χ0v) is 19.2. The van der Waals surface area contributed by atoms with Gasteiger partial charge >= 0.3 is 0 Å². The first-order valence-corrected chi connectivity index (χ1v) is 12.1. The second-order valence-electron chi connectivity index (χ2n) is 9.54. The van der Waals surface area contributed by atoms with Gasteiger partial charge in [-0.1, -0.05) is 48.9 Å². The van der Waals surface area contributed by atoms with Crippen LogP contribution in [0.15, 0.2) is 54.7 Å². The average molecular weight is 461 g/mol. The number of benzene rings is 2. The van der Waals surface area contributed by atoms with E-state index in [1.807, 2.05) is 36.4 Å². The Hall–Kier alpha value is -2.92. The topological polar surface area (TPSA) is 53.6 Å². The molecule has 0 radical (unpaired) electrons. The van der Waals surface area contributed by atoms with E-state index in [-0.39, 0.29) is 5.82 Å². The zero-order chi connectivity index (χ0) is 22.5. The molecule has 3 fully saturated rings. The van der Waals surface area contributed by atoms with Crippen molar-refractivity contribution in [3.8, 4) is 22.6 Å². The Labute approximate surface area is 197 Å². The van der Waals surface area contributed by atoms with Gasteiger partial charge in [0.2, 0.25) is 0 Å². The minimum atomic E-state index is -0.381. The number of rotatable bonds is 4. The summed E-state index contributed by atoms with van der Waals surface area (Å²) in [6, 6.07) is 15.6. The number of hydrogen-bond donors (Lipinski definition) is 2. The van der Waals surface area contributed by atoms with Crippen LogP contribution in [-0.4, -0.2) is 21.0 Å². The molecule has 4 nitrogen and oxygen atoms in total. The predicted molar refractivity (Wildman–Crippen MR) is 132 cm³/mol. The number of nitrogens with zero attached hydrogens (tertiary/aromatic N) is 2. The van der Waals surface area contributed by atoms with Crippen LogP contribution in [0.5, 0.6) is 0 Å². The molecular weight excluding hydrogens is 435 g/mol. The molecule has 2 aromatic heterocycles. The van der Waals surface area contributed by atoms with E-state index in [1.165, 1.54) is 31.7 Å². The summed E-state index contributed by atoms with van der Waals surface area (Å²) in [5.41, 5.74) is 3.02. The lowest BCUT2D eigenvalue weighted by Gasteiger charge is -2.47. The van der Waals surface area contributed by atoms with Crippen LogP contribution in [0, 0.1) is 23.6 Å². The monoisotopic (exact) mass is 460 g/mol. The SMILES string of the molecule is CC1C2CCC(CC2)C1Nc1cc(-c2ccccc2)nc(-c2c[nH]c3c(F)cc(Cl)cc23)n1. The van der Waals surface area contributed by atoms with Crippen LogP contribution in [0.25, 0.3) is 33.5 Å². The Balaban J connectivity index is 1.46. The smallest absolute Gasteiger partial charge is 0.164 e. The summed E-state index contributed by atoms with van der Waals surface area (Å²) in [4.78, 5) is 12.8. The van der Waals surface area contributed by atoms with Crippen molar-refractivity contribution in [2.45, 2.75) is 38.6 Å². The molecule has 3 saturated carbocycles. The molecule has 3 aliphatic carbocycles. The molecule has 33 heavy (non-hydrogen) atoms. The molecule has 6 heteroatoms. The summed E-state index contributed by atoms with van der Waals surface area (Å²) >= 11 is 6.17. The van der Waals surface area contributed by atoms with Crippen molar-refractivity contribution in [2.75, 3.05) is 5.32 Å². The van der Waals surface area contributed by atoms with Gasteiger partial charge in [-0.3, -0.25) is 0 Å². The zero-order valence-electron chi connectivity index (χ0n) is 18.5. The lowest BCUT2D eigenvalue weighted by Crippen LogP contribution is -2.47. The Morgan fingerprint density at radius 1 is 1.00 bits per heavy atom. The number of aromatic amines is 1. The first-order valence-electron chi connectivity index (χ1n) is 11.7. The number of halogens is 2. The molecule has 2 unspecified atom stereocenters. The maximum atomic E-state index is 14.5. The molecule has 3 aliphatic rings. The van der Waals surface area contributed by atoms with Gasteiger partial charge in [0.25, 0.3) is 0 Å². The van der Waals surface area contributed by atoms with E-state index in [1.54, 1.807) is 12.3 Å². The second kappa shape index (κ2) is 8.14. The summed E-state index contributed by atoms with van der Waals surface area (Å²) < 4.78 is 14.5. The summed E-state index contributed by atoms with van der Waals surface area (Å²) in [5, 5.41) is 4.82. The van der Waals surface area contributed by atoms with Crippen molar-refractivity contribution in [1.29, 1.82) is 0 Å². The average Bonchev–Trinajstić information content (AvgIpc) is 3.26. The van der Waals surface area contributed by atoms with Crippen LogP contribution >= 0.6 is 11.6 Å². The van der Waals surface area contributed by atoms with Gasteiger partial charge in [-0.15, -0.1) is 0 Å². The van der Waals surface area contributed by atoms with Crippen LogP contribution in [0.2, 0.25) is 5.02 Å². The number of anilines is 1. The number of H-pyrrole nitrogens is 1. The molecule has 7 rings (SSSR count). The van der Waals surface area contributed by atoms with Crippen LogP contribution in [-0.2, 0) is 0 Å². The minimum Gasteiger partial charge on any atom is -0.367 e. The molecular formula is C27H26ClFN4. The molecule has 2 bridgehead atoms. The maximum absolute atomic E-state index is 14.5. The van der Waals surface area contributed by atoms with E-state index in [0.29, 0.717) is 39.6 Å². The van der Waals surface area contributed by atoms with Crippen LogP contribution in [0.1, 0.15) is 32.6 Å². The van der Waals surface area contributed by atoms with E-state index < -0.39 is 0 Å². The lowest BCUT2D eigenvalue weighted by molar-refractivity contribution is 0.0928. The van der Waals surface area contributed by atoms with E-state index in [4.69, 9.17) is 21.6 Å². The van der Waals surface area contributed by atoms with Crippen LogP contribution in [0.3, 0.4) is 0 Å². The quantitative estimate of drug-likeness (QED) is 0.335. The first-order chi connectivity index (χ1) is 16.1. The van der Waals surface area contributed by atoms with E-state index in [0.717, 1.165) is 28.6 Å². The maximum Gasteiger partial charge on any atom is 0.164 e. The van der Waals surface area contributed by atoms with Gasteiger partial charge in [0.15, 0.2) is 5.82 Å². The van der Waals surface area contributed by atoms with Gasteiger partial charge < -0.3 is 10.3 Å². The number of hydrogen-bond acceptors (Lipinski definition) is 3. The Bertz CT molecular complexity index is 1310. The van der Waals surface area contributed by atoms with Crippen molar-refractivity contribution < 1.29 is 4.39 Å². The summed E-state index contributed by atoms with van der Waals surface area (Å²) in [7, 11) is 0. The standard InChI is InChI=1S/C27H26ClFN4/c1-15-16-7-9-18(10-8-16)25(15)32-24-13-23(17-5-3-2-4-6-17)31-27(33-24)21-14-30-26-20(21)11-19(28)12-22(26)29/h2-6,11-16,18,25,30H,7-10H2,1H3,(H,31,32,33). The minimum absolute atomic E-state index is 0.352. The Morgan fingerprint density at radius 3 is 2.52 bits per heavy atom. The molecule has 0 spiro atoms. The first kappa shape index (κ1) is 20.7. The molecule has 168 valence electrons. The van der Waals surface area contributed by atoms with Gasteiger partial charge in [0.05, 0.1) is 11.2 Å². The molecule has 0 saturated heterocycles. The predicted octanol–water partition coefficient (Wildman–Crippen LogP) is 7.32. The summed E-state index contributed by atoms with van der Waals surface area (Å²) in [5.74, 6) is 3.09. The van der Waals surface area contributed by atoms with Crippen LogP contribution < -0.4 is 5.32 Å². The molecule has 2 atom stereocenters. The summed E-state index contributed by atoms with van der Waals surface area (Å²) in [6.45, 7) is 2.37. The molecule has 2 heterocycles. The van der Waals surface area contributed by atoms with Crippen molar-refractivity contribution in [3.63, 3.8) is 0 Å². The third kappa shape index (κ3) is 3.68. The van der Waals surface area contributed by atoms with Crippen LogP contribution in [0.4, 0.5) is 10.2 Å². The fraction of sp³-hybridized carbons (Fsp3) is 0.333. The molecule has 0 aliphatic heterocycles. The number of nitrogens with one attached hydrogen (secondary N) is 2. The molecule has 4 aromatic rings. The highest BCUT2D eigenvalue weighted by Gasteiger charge is 2.41. The Kier molecular flexibility index (Phi) is 5.10.